The van der Waals surface area contributed by atoms with E-state index in [4.69, 9.17) is 9.47 Å². The number of benzene rings is 1. The minimum Gasteiger partial charge on any atom is -0.493 e. The van der Waals surface area contributed by atoms with Crippen molar-refractivity contribution in [1.82, 2.24) is 15.0 Å². The summed E-state index contributed by atoms with van der Waals surface area (Å²) in [7, 11) is 3.11. The number of aromatic nitrogens is 2. The number of thiophene rings is 1. The minimum absolute atomic E-state index is 0.147. The zero-order valence-corrected chi connectivity index (χ0v) is 18.5. The van der Waals surface area contributed by atoms with Crippen LogP contribution in [0.1, 0.15) is 29.3 Å². The Balaban J connectivity index is 1.47. The lowest BCUT2D eigenvalue weighted by atomic mass is 9.89. The van der Waals surface area contributed by atoms with E-state index in [1.807, 2.05) is 0 Å². The minimum atomic E-state index is -0.405. The lowest BCUT2D eigenvalue weighted by Crippen LogP contribution is -2.30. The number of hydrogen-bond acceptors (Lipinski definition) is 7. The first kappa shape index (κ1) is 21.0. The summed E-state index contributed by atoms with van der Waals surface area (Å²) in [5.41, 5.74) is 4.13. The fourth-order valence-corrected chi connectivity index (χ4v) is 5.12. The SMILES string of the molecule is COc1ccc(/C=N\NC(=O)Cn2cnc3sc4c(c3c2=O)CCC(C)C4)cc1OC. The van der Waals surface area contributed by atoms with E-state index in [0.29, 0.717) is 22.8 Å². The van der Waals surface area contributed by atoms with Crippen LogP contribution in [-0.2, 0) is 24.2 Å². The van der Waals surface area contributed by atoms with Crippen LogP contribution < -0.4 is 20.5 Å². The molecule has 31 heavy (non-hydrogen) atoms. The number of hydrazone groups is 1. The summed E-state index contributed by atoms with van der Waals surface area (Å²) < 4.78 is 11.8. The fourth-order valence-electron chi connectivity index (χ4n) is 3.78. The lowest BCUT2D eigenvalue weighted by Gasteiger charge is -2.17. The first-order valence-electron chi connectivity index (χ1n) is 10.0. The molecule has 1 amide bonds. The molecular weight excluding hydrogens is 416 g/mol. The van der Waals surface area contributed by atoms with Crippen LogP contribution in [-0.4, -0.2) is 35.9 Å². The molecule has 0 saturated carbocycles. The first-order chi connectivity index (χ1) is 15.0. The van der Waals surface area contributed by atoms with Gasteiger partial charge in [-0.1, -0.05) is 6.92 Å². The lowest BCUT2D eigenvalue weighted by molar-refractivity contribution is -0.121. The molecule has 0 radical (unpaired) electrons. The molecule has 1 atom stereocenters. The molecule has 1 aliphatic rings. The number of carbonyl (C=O) groups excluding carboxylic acids is 1. The second kappa shape index (κ2) is 8.89. The van der Waals surface area contributed by atoms with Crippen molar-refractivity contribution in [2.45, 2.75) is 32.7 Å². The molecule has 0 saturated heterocycles. The maximum atomic E-state index is 13.0. The standard InChI is InChI=1S/C22H24N4O4S/c1-13-4-6-15-18(8-13)31-21-20(15)22(28)26(12-23-21)11-19(27)25-24-10-14-5-7-16(29-2)17(9-14)30-3/h5,7,9-10,12-13H,4,6,8,11H2,1-3H3,(H,25,27)/b24-10-. The molecule has 1 N–H and O–H groups in total. The predicted octanol–water partition coefficient (Wildman–Crippen LogP) is 2.75. The molecule has 4 rings (SSSR count). The largest absolute Gasteiger partial charge is 0.493 e. The molecule has 1 aliphatic carbocycles. The molecule has 1 unspecified atom stereocenters. The van der Waals surface area contributed by atoms with E-state index in [1.54, 1.807) is 43.8 Å². The normalized spacial score (nSPS) is 15.8. The summed E-state index contributed by atoms with van der Waals surface area (Å²) in [5.74, 6) is 1.39. The van der Waals surface area contributed by atoms with Gasteiger partial charge in [-0.15, -0.1) is 11.3 Å². The van der Waals surface area contributed by atoms with Gasteiger partial charge in [-0.25, -0.2) is 10.4 Å². The van der Waals surface area contributed by atoms with Crippen LogP contribution in [0, 0.1) is 5.92 Å². The Morgan fingerprint density at radius 2 is 2.16 bits per heavy atom. The molecule has 0 aliphatic heterocycles. The number of ether oxygens (including phenoxy) is 2. The summed E-state index contributed by atoms with van der Waals surface area (Å²) in [4.78, 5) is 31.8. The van der Waals surface area contributed by atoms with Gasteiger partial charge in [0.1, 0.15) is 11.4 Å². The summed E-state index contributed by atoms with van der Waals surface area (Å²) in [5, 5.41) is 4.64. The molecule has 9 heteroatoms. The van der Waals surface area contributed by atoms with E-state index < -0.39 is 5.91 Å². The molecule has 3 aromatic rings. The average Bonchev–Trinajstić information content (AvgIpc) is 3.13. The van der Waals surface area contributed by atoms with Crippen molar-refractivity contribution in [3.63, 3.8) is 0 Å². The number of nitrogens with zero attached hydrogens (tertiary/aromatic N) is 3. The van der Waals surface area contributed by atoms with Crippen molar-refractivity contribution in [3.8, 4) is 11.5 Å². The van der Waals surface area contributed by atoms with E-state index in [0.717, 1.165) is 35.2 Å². The highest BCUT2D eigenvalue weighted by Gasteiger charge is 2.23. The summed E-state index contributed by atoms with van der Waals surface area (Å²) in [6.07, 6.45) is 5.88. The van der Waals surface area contributed by atoms with Crippen LogP contribution in [0.2, 0.25) is 0 Å². The van der Waals surface area contributed by atoms with E-state index in [9.17, 15) is 9.59 Å². The van der Waals surface area contributed by atoms with Gasteiger partial charge in [-0.2, -0.15) is 5.10 Å². The number of hydrogen-bond donors (Lipinski definition) is 1. The van der Waals surface area contributed by atoms with Crippen molar-refractivity contribution < 1.29 is 14.3 Å². The summed E-state index contributed by atoms with van der Waals surface area (Å²) >= 11 is 1.59. The Kier molecular flexibility index (Phi) is 6.03. The second-order valence-electron chi connectivity index (χ2n) is 7.62. The topological polar surface area (TPSA) is 94.8 Å². The van der Waals surface area contributed by atoms with Crippen LogP contribution in [0.15, 0.2) is 34.4 Å². The van der Waals surface area contributed by atoms with E-state index in [-0.39, 0.29) is 12.1 Å². The average molecular weight is 441 g/mol. The third-order valence-electron chi connectivity index (χ3n) is 5.41. The van der Waals surface area contributed by atoms with Gasteiger partial charge >= 0.3 is 0 Å². The highest BCUT2D eigenvalue weighted by atomic mass is 32.1. The summed E-state index contributed by atoms with van der Waals surface area (Å²) in [6.45, 7) is 2.08. The molecule has 1 aromatic carbocycles. The quantitative estimate of drug-likeness (QED) is 0.470. The van der Waals surface area contributed by atoms with Crippen molar-refractivity contribution in [1.29, 1.82) is 0 Å². The Morgan fingerprint density at radius 1 is 1.35 bits per heavy atom. The fraction of sp³-hybridized carbons (Fsp3) is 0.364. The zero-order valence-electron chi connectivity index (χ0n) is 17.7. The number of amides is 1. The van der Waals surface area contributed by atoms with Crippen LogP contribution in [0.3, 0.4) is 0 Å². The Hall–Kier alpha value is -3.20. The van der Waals surface area contributed by atoms with Gasteiger partial charge in [0.2, 0.25) is 0 Å². The van der Waals surface area contributed by atoms with Crippen molar-refractivity contribution in [2.75, 3.05) is 14.2 Å². The van der Waals surface area contributed by atoms with Gasteiger partial charge in [-0.3, -0.25) is 14.2 Å². The van der Waals surface area contributed by atoms with Gasteiger partial charge in [0, 0.05) is 4.88 Å². The first-order valence-corrected chi connectivity index (χ1v) is 10.9. The molecule has 0 fully saturated rings. The molecule has 0 spiro atoms. The highest BCUT2D eigenvalue weighted by Crippen LogP contribution is 2.35. The highest BCUT2D eigenvalue weighted by molar-refractivity contribution is 7.18. The van der Waals surface area contributed by atoms with Crippen LogP contribution in [0.4, 0.5) is 0 Å². The van der Waals surface area contributed by atoms with Gasteiger partial charge in [-0.05, 0) is 54.5 Å². The van der Waals surface area contributed by atoms with Crippen LogP contribution in [0.5, 0.6) is 11.5 Å². The maximum Gasteiger partial charge on any atom is 0.262 e. The van der Waals surface area contributed by atoms with Gasteiger partial charge in [0.05, 0.1) is 32.1 Å². The van der Waals surface area contributed by atoms with Gasteiger partial charge in [0.15, 0.2) is 11.5 Å². The van der Waals surface area contributed by atoms with Crippen molar-refractivity contribution >= 4 is 33.7 Å². The number of nitrogens with one attached hydrogen (secondary N) is 1. The number of aryl methyl sites for hydroxylation is 1. The Labute approximate surface area is 183 Å². The van der Waals surface area contributed by atoms with Gasteiger partial charge in [0.25, 0.3) is 11.5 Å². The Bertz CT molecular complexity index is 1210. The van der Waals surface area contributed by atoms with E-state index >= 15 is 0 Å². The monoisotopic (exact) mass is 440 g/mol. The second-order valence-corrected chi connectivity index (χ2v) is 8.70. The van der Waals surface area contributed by atoms with Crippen molar-refractivity contribution in [3.05, 3.63) is 50.9 Å². The molecule has 162 valence electrons. The molecular formula is C22H24N4O4S. The number of rotatable bonds is 6. The van der Waals surface area contributed by atoms with Crippen LogP contribution in [0.25, 0.3) is 10.2 Å². The predicted molar refractivity (Wildman–Crippen MR) is 120 cm³/mol. The summed E-state index contributed by atoms with van der Waals surface area (Å²) in [6, 6.07) is 5.29. The van der Waals surface area contributed by atoms with E-state index in [2.05, 4.69) is 22.4 Å². The molecule has 2 heterocycles. The molecule has 2 aromatic heterocycles. The van der Waals surface area contributed by atoms with Gasteiger partial charge < -0.3 is 9.47 Å². The van der Waals surface area contributed by atoms with Crippen LogP contribution >= 0.6 is 11.3 Å². The van der Waals surface area contributed by atoms with E-state index in [1.165, 1.54) is 22.0 Å². The molecule has 0 bridgehead atoms. The maximum absolute atomic E-state index is 13.0. The van der Waals surface area contributed by atoms with Crippen molar-refractivity contribution in [2.24, 2.45) is 11.0 Å². The third-order valence-corrected chi connectivity index (χ3v) is 6.57. The molecule has 8 nitrogen and oxygen atoms in total. The smallest absolute Gasteiger partial charge is 0.262 e. The number of methoxy groups -OCH3 is 2. The third kappa shape index (κ3) is 4.32. The Morgan fingerprint density at radius 3 is 2.94 bits per heavy atom. The number of carbonyl (C=O) groups is 1. The number of fused-ring (bicyclic) bond motifs is 3. The zero-order chi connectivity index (χ0) is 22.0.